The van der Waals surface area contributed by atoms with Crippen molar-refractivity contribution in [3.05, 3.63) is 120 Å². The molecule has 0 heterocycles. The molecule has 0 bridgehead atoms. The Morgan fingerprint density at radius 3 is 1.15 bits per heavy atom. The maximum Gasteiger partial charge on any atom is 0.165 e. The number of rotatable bonds is 38. The van der Waals surface area contributed by atoms with Crippen LogP contribution in [0.1, 0.15) is 220 Å². The molecular weight excluding hydrogens is 992 g/mol. The van der Waals surface area contributed by atoms with Gasteiger partial charge in [0.15, 0.2) is 11.5 Å². The van der Waals surface area contributed by atoms with E-state index in [-0.39, 0.29) is 28.0 Å². The van der Waals surface area contributed by atoms with Gasteiger partial charge in [-0.2, -0.15) is 0 Å². The molecule has 0 atom stereocenters. The van der Waals surface area contributed by atoms with Crippen molar-refractivity contribution >= 4 is 49.7 Å². The van der Waals surface area contributed by atoms with Crippen LogP contribution in [0.25, 0.3) is 10.8 Å². The van der Waals surface area contributed by atoms with Crippen LogP contribution >= 0.6 is 0 Å². The van der Waals surface area contributed by atoms with Crippen LogP contribution in [-0.2, 0) is 35.0 Å². The molecule has 0 unspecified atom stereocenters. The van der Waals surface area contributed by atoms with Crippen LogP contribution < -0.4 is 0 Å². The largest absolute Gasteiger partial charge is 0.504 e. The van der Waals surface area contributed by atoms with Gasteiger partial charge in [0.25, 0.3) is 0 Å². The molecule has 0 saturated carbocycles. The first kappa shape index (κ1) is 67.6. The summed E-state index contributed by atoms with van der Waals surface area (Å²) in [5.74, 6) is -0.0710. The zero-order valence-corrected chi connectivity index (χ0v) is 52.3. The molecule has 7 heteroatoms. The van der Waals surface area contributed by atoms with Crippen molar-refractivity contribution in [3.63, 3.8) is 0 Å². The van der Waals surface area contributed by atoms with Crippen molar-refractivity contribution in [2.75, 3.05) is 0 Å². The molecule has 0 aliphatic carbocycles. The monoisotopic (exact) mass is 1100 g/mol. The fraction of sp³-hybridized carbons (Fsp3) is 0.588. The van der Waals surface area contributed by atoms with Crippen LogP contribution in [0.2, 0.25) is 36.3 Å². The summed E-state index contributed by atoms with van der Waals surface area (Å²) in [6.45, 7) is 21.2. The number of fused-ring (bicyclic) bond motifs is 1. The van der Waals surface area contributed by atoms with Gasteiger partial charge in [-0.25, -0.2) is 9.98 Å². The van der Waals surface area contributed by atoms with Gasteiger partial charge in [-0.3, -0.25) is 0 Å². The molecule has 4 aromatic carbocycles. The molecule has 0 aromatic heterocycles. The van der Waals surface area contributed by atoms with Gasteiger partial charge in [0, 0.05) is 21.9 Å². The van der Waals surface area contributed by atoms with Crippen LogP contribution in [0.15, 0.2) is 113 Å². The molecule has 4 nitrogen and oxygen atoms in total. The summed E-state index contributed by atoms with van der Waals surface area (Å²) >= 11 is 0. The van der Waals surface area contributed by atoms with E-state index >= 15 is 0 Å². The van der Waals surface area contributed by atoms with E-state index in [2.05, 4.69) is 128 Å². The molecule has 420 valence electrons. The number of aromatic hydroxyl groups is 2. The van der Waals surface area contributed by atoms with Gasteiger partial charge in [-0.05, 0) is 109 Å². The standard InChI is InChI=1S/C56H96N2Si2.C12H12O2.Ni/c1-9-17-19-21-23-24-25-26-27-28-29-30-31-32-34-36-38-46-56(58-54-44-40-42-52(48-54)50-60(14-6,15-7)16-8)55(45-37-35-33-22-20-18-10-2)57-53-43-39-41-51(47-53)49-59(11-3,12-4)13-5;1-2-8-7-11(13)12(14)10-6-4-3-5-9(8)10;/h37-48H,9-36,49-50H2,1-8H3;3-7,13-14H,2H2,1H3;. The van der Waals surface area contributed by atoms with E-state index in [1.807, 2.05) is 31.2 Å². The van der Waals surface area contributed by atoms with Gasteiger partial charge in [0.1, 0.15) is 0 Å². The van der Waals surface area contributed by atoms with Crippen molar-refractivity contribution in [1.82, 2.24) is 0 Å². The SMILES string of the molecule is CCCCCCCC=CC(=Nc1cccc(C[Si](CC)(CC)CC)c1)C(C=CCCCCCCCCCCCCCCCCC)=Nc1cccc(C[Si](CC)(CC)CC)c1.CCc1cc(O)c(O)c2ccccc12.[Ni]. The number of unbranched alkanes of at least 4 members (excludes halogenated alkanes) is 20. The third-order valence-corrected chi connectivity index (χ3v) is 28.0. The van der Waals surface area contributed by atoms with Crippen molar-refractivity contribution in [2.45, 2.75) is 258 Å². The molecular formula is C68H108N2NiO2Si2. The van der Waals surface area contributed by atoms with E-state index in [1.54, 1.807) is 6.07 Å². The predicted octanol–water partition coefficient (Wildman–Crippen LogP) is 22.3. The number of hydrogen-bond donors (Lipinski definition) is 2. The molecule has 0 fully saturated rings. The average Bonchev–Trinajstić information content (AvgIpc) is 3.43. The third kappa shape index (κ3) is 25.7. The Labute approximate surface area is 473 Å². The summed E-state index contributed by atoms with van der Waals surface area (Å²) < 4.78 is 0. The fourth-order valence-electron chi connectivity index (χ4n) is 10.8. The van der Waals surface area contributed by atoms with Crippen LogP contribution in [0.4, 0.5) is 11.4 Å². The Balaban J connectivity index is 0.00000109. The minimum Gasteiger partial charge on any atom is -0.504 e. The molecule has 0 radical (unpaired) electrons. The number of phenols is 2. The van der Waals surface area contributed by atoms with E-state index in [0.717, 1.165) is 53.0 Å². The zero-order valence-electron chi connectivity index (χ0n) is 49.3. The Morgan fingerprint density at radius 1 is 0.427 bits per heavy atom. The summed E-state index contributed by atoms with van der Waals surface area (Å²) in [5, 5.41) is 20.8. The number of nitrogens with zero attached hydrogens (tertiary/aromatic N) is 2. The van der Waals surface area contributed by atoms with Crippen LogP contribution in [0, 0.1) is 0 Å². The Hall–Kier alpha value is -3.51. The predicted molar refractivity (Wildman–Crippen MR) is 337 cm³/mol. The summed E-state index contributed by atoms with van der Waals surface area (Å²) in [4.78, 5) is 10.9. The average molecular weight is 1100 g/mol. The molecule has 0 spiro atoms. The number of benzene rings is 4. The van der Waals surface area contributed by atoms with Gasteiger partial charge >= 0.3 is 0 Å². The first-order valence-electron chi connectivity index (χ1n) is 30.7. The molecule has 0 amide bonds. The Bertz CT molecular complexity index is 2220. The Morgan fingerprint density at radius 2 is 0.787 bits per heavy atom. The van der Waals surface area contributed by atoms with Gasteiger partial charge in [0.2, 0.25) is 0 Å². The summed E-state index contributed by atoms with van der Waals surface area (Å²) in [5.41, 5.74) is 8.06. The van der Waals surface area contributed by atoms with Crippen molar-refractivity contribution in [2.24, 2.45) is 9.98 Å². The molecule has 0 saturated heterocycles. The van der Waals surface area contributed by atoms with E-state index in [0.29, 0.717) is 5.39 Å². The molecule has 4 aromatic rings. The van der Waals surface area contributed by atoms with E-state index in [1.165, 1.54) is 188 Å². The maximum atomic E-state index is 9.63. The van der Waals surface area contributed by atoms with Crippen molar-refractivity contribution < 1.29 is 26.7 Å². The minimum absolute atomic E-state index is 0. The van der Waals surface area contributed by atoms with Crippen molar-refractivity contribution in [3.8, 4) is 11.5 Å². The summed E-state index contributed by atoms with van der Waals surface area (Å²) in [7, 11) is -2.62. The fourth-order valence-corrected chi connectivity index (χ4v) is 17.5. The van der Waals surface area contributed by atoms with Gasteiger partial charge in [0.05, 0.1) is 38.9 Å². The van der Waals surface area contributed by atoms with Gasteiger partial charge < -0.3 is 10.2 Å². The molecule has 0 aliphatic heterocycles. The van der Waals surface area contributed by atoms with Crippen LogP contribution in [-0.4, -0.2) is 37.8 Å². The van der Waals surface area contributed by atoms with E-state index < -0.39 is 16.1 Å². The molecule has 4 rings (SSSR count). The molecule has 0 aliphatic rings. The minimum atomic E-state index is -1.31. The quantitative estimate of drug-likeness (QED) is 0.0203. The zero-order chi connectivity index (χ0) is 53.7. The summed E-state index contributed by atoms with van der Waals surface area (Å²) in [6.07, 6.45) is 39.9. The number of aliphatic imine (C=N–C) groups is 2. The van der Waals surface area contributed by atoms with E-state index in [9.17, 15) is 10.2 Å². The molecule has 75 heavy (non-hydrogen) atoms. The van der Waals surface area contributed by atoms with Gasteiger partial charge in [-0.15, -0.1) is 0 Å². The Kier molecular flexibility index (Phi) is 36.6. The number of phenolic OH excluding ortho intramolecular Hbond substituents is 2. The maximum absolute atomic E-state index is 9.63. The van der Waals surface area contributed by atoms with E-state index in [4.69, 9.17) is 9.98 Å². The van der Waals surface area contributed by atoms with Crippen molar-refractivity contribution in [1.29, 1.82) is 0 Å². The first-order chi connectivity index (χ1) is 36.1. The number of hydrogen-bond acceptors (Lipinski definition) is 4. The third-order valence-electron chi connectivity index (χ3n) is 16.7. The second-order valence-electron chi connectivity index (χ2n) is 21.9. The van der Waals surface area contributed by atoms with Crippen LogP contribution in [0.3, 0.4) is 0 Å². The number of aryl methyl sites for hydroxylation is 1. The topological polar surface area (TPSA) is 65.2 Å². The molecule has 2 N–H and O–H groups in total. The van der Waals surface area contributed by atoms with Crippen LogP contribution in [0.5, 0.6) is 11.5 Å². The smallest absolute Gasteiger partial charge is 0.165 e. The first-order valence-corrected chi connectivity index (χ1v) is 36.4. The normalized spacial score (nSPS) is 12.4. The second kappa shape index (κ2) is 40.7. The van der Waals surface area contributed by atoms with Gasteiger partial charge in [-0.1, -0.05) is 275 Å². The summed E-state index contributed by atoms with van der Waals surface area (Å²) in [6, 6.07) is 38.1. The second-order valence-corrected chi connectivity index (χ2v) is 32.8. The number of allylic oxidation sites excluding steroid dienone is 4.